The summed E-state index contributed by atoms with van der Waals surface area (Å²) in [6, 6.07) is 13.3. The average Bonchev–Trinajstić information content (AvgIpc) is 2.66. The van der Waals surface area contributed by atoms with E-state index in [0.717, 1.165) is 26.9 Å². The van der Waals surface area contributed by atoms with Crippen LogP contribution in [0.3, 0.4) is 0 Å². The molecule has 0 bridgehead atoms. The van der Waals surface area contributed by atoms with Crippen molar-refractivity contribution in [3.63, 3.8) is 0 Å². The van der Waals surface area contributed by atoms with E-state index in [4.69, 9.17) is 0 Å². The van der Waals surface area contributed by atoms with Crippen LogP contribution in [-0.4, -0.2) is 31.7 Å². The summed E-state index contributed by atoms with van der Waals surface area (Å²) in [5.41, 5.74) is 3.71. The number of aryl methyl sites for hydroxylation is 2. The molecule has 150 valence electrons. The normalized spacial score (nSPS) is 16.1. The third-order valence-electron chi connectivity index (χ3n) is 5.13. The number of carbonyl (C=O) groups is 1. The molecule has 1 aliphatic rings. The Hall–Kier alpha value is -1.70. The molecule has 0 atom stereocenters. The second kappa shape index (κ2) is 8.76. The molecule has 0 saturated carbocycles. The van der Waals surface area contributed by atoms with Gasteiger partial charge in [-0.05, 0) is 61.6 Å². The van der Waals surface area contributed by atoms with E-state index in [2.05, 4.69) is 21.2 Å². The highest BCUT2D eigenvalue weighted by atomic mass is 79.9. The minimum Gasteiger partial charge on any atom is -0.326 e. The second-order valence-electron chi connectivity index (χ2n) is 7.36. The van der Waals surface area contributed by atoms with Gasteiger partial charge >= 0.3 is 0 Å². The number of nitrogens with one attached hydrogen (secondary N) is 1. The van der Waals surface area contributed by atoms with Gasteiger partial charge in [-0.15, -0.1) is 0 Å². The van der Waals surface area contributed by atoms with E-state index in [1.807, 2.05) is 56.3 Å². The molecule has 0 unspecified atom stereocenters. The van der Waals surface area contributed by atoms with Crippen molar-refractivity contribution in [1.29, 1.82) is 0 Å². The summed E-state index contributed by atoms with van der Waals surface area (Å²) in [5.74, 6) is -0.211. The highest BCUT2D eigenvalue weighted by molar-refractivity contribution is 9.10. The SMILES string of the molecule is Cc1ccc(C)c(NC(=O)C2CCN(S(=O)(=O)Cc3ccc(Br)cc3)CC2)c1. The third-order valence-corrected chi connectivity index (χ3v) is 7.51. The highest BCUT2D eigenvalue weighted by Crippen LogP contribution is 2.24. The first-order valence-corrected chi connectivity index (χ1v) is 11.8. The molecule has 28 heavy (non-hydrogen) atoms. The molecule has 7 heteroatoms. The van der Waals surface area contributed by atoms with Gasteiger partial charge in [-0.1, -0.05) is 40.2 Å². The van der Waals surface area contributed by atoms with Gasteiger partial charge in [0.15, 0.2) is 0 Å². The van der Waals surface area contributed by atoms with Crippen LogP contribution in [-0.2, 0) is 20.6 Å². The molecule has 0 radical (unpaired) electrons. The number of piperidine rings is 1. The van der Waals surface area contributed by atoms with Crippen LogP contribution in [0.1, 0.15) is 29.5 Å². The fourth-order valence-corrected chi connectivity index (χ4v) is 5.21. The number of benzene rings is 2. The fraction of sp³-hybridized carbons (Fsp3) is 0.381. The van der Waals surface area contributed by atoms with E-state index in [1.54, 1.807) is 0 Å². The maximum Gasteiger partial charge on any atom is 0.227 e. The topological polar surface area (TPSA) is 66.5 Å². The molecule has 0 spiro atoms. The van der Waals surface area contributed by atoms with Crippen LogP contribution < -0.4 is 5.32 Å². The lowest BCUT2D eigenvalue weighted by Crippen LogP contribution is -2.41. The second-order valence-corrected chi connectivity index (χ2v) is 10.2. The molecular formula is C21H25BrN2O3S. The van der Waals surface area contributed by atoms with Gasteiger partial charge in [-0.2, -0.15) is 0 Å². The van der Waals surface area contributed by atoms with Crippen molar-refractivity contribution in [3.05, 3.63) is 63.6 Å². The largest absolute Gasteiger partial charge is 0.326 e. The molecule has 0 aromatic heterocycles. The smallest absolute Gasteiger partial charge is 0.227 e. The summed E-state index contributed by atoms with van der Waals surface area (Å²) in [6.45, 7) is 4.71. The Balaban J connectivity index is 1.58. The maximum atomic E-state index is 12.7. The Morgan fingerprint density at radius 1 is 1.11 bits per heavy atom. The van der Waals surface area contributed by atoms with E-state index in [-0.39, 0.29) is 17.6 Å². The average molecular weight is 465 g/mol. The predicted molar refractivity (Wildman–Crippen MR) is 116 cm³/mol. The van der Waals surface area contributed by atoms with Crippen LogP contribution in [0.5, 0.6) is 0 Å². The number of carbonyl (C=O) groups excluding carboxylic acids is 1. The zero-order valence-corrected chi connectivity index (χ0v) is 18.5. The maximum absolute atomic E-state index is 12.7. The molecule has 0 aliphatic carbocycles. The van der Waals surface area contributed by atoms with Crippen LogP contribution in [0.4, 0.5) is 5.69 Å². The standard InChI is InChI=1S/C21H25BrN2O3S/c1-15-3-4-16(2)20(13-15)23-21(25)18-9-11-24(12-10-18)28(26,27)14-17-5-7-19(22)8-6-17/h3-8,13,18H,9-12,14H2,1-2H3,(H,23,25). The van der Waals surface area contributed by atoms with Crippen LogP contribution in [0, 0.1) is 19.8 Å². The number of hydrogen-bond donors (Lipinski definition) is 1. The summed E-state index contributed by atoms with van der Waals surface area (Å²) < 4.78 is 27.8. The fourth-order valence-electron chi connectivity index (χ4n) is 3.38. The lowest BCUT2D eigenvalue weighted by Gasteiger charge is -2.30. The van der Waals surface area contributed by atoms with E-state index in [9.17, 15) is 13.2 Å². The van der Waals surface area contributed by atoms with Gasteiger partial charge in [-0.3, -0.25) is 4.79 Å². The molecule has 3 rings (SSSR count). The summed E-state index contributed by atoms with van der Waals surface area (Å²) in [7, 11) is -3.38. The van der Waals surface area contributed by atoms with Crippen LogP contribution in [0.2, 0.25) is 0 Å². The number of anilines is 1. The summed E-state index contributed by atoms with van der Waals surface area (Å²) >= 11 is 3.36. The number of hydrogen-bond acceptors (Lipinski definition) is 3. The zero-order valence-electron chi connectivity index (χ0n) is 16.1. The van der Waals surface area contributed by atoms with Crippen molar-refractivity contribution in [2.75, 3.05) is 18.4 Å². The van der Waals surface area contributed by atoms with Crippen LogP contribution >= 0.6 is 15.9 Å². The zero-order chi connectivity index (χ0) is 20.3. The van der Waals surface area contributed by atoms with E-state index < -0.39 is 10.0 Å². The quantitative estimate of drug-likeness (QED) is 0.718. The first-order chi connectivity index (χ1) is 13.2. The molecule has 1 amide bonds. The lowest BCUT2D eigenvalue weighted by molar-refractivity contribution is -0.120. The van der Waals surface area contributed by atoms with Crippen molar-refractivity contribution in [3.8, 4) is 0 Å². The van der Waals surface area contributed by atoms with Crippen LogP contribution in [0.25, 0.3) is 0 Å². The van der Waals surface area contributed by atoms with Crippen molar-refractivity contribution in [2.45, 2.75) is 32.4 Å². The number of amides is 1. The van der Waals surface area contributed by atoms with Gasteiger partial charge in [-0.25, -0.2) is 12.7 Å². The first-order valence-electron chi connectivity index (χ1n) is 9.35. The summed E-state index contributed by atoms with van der Waals surface area (Å²) in [5, 5.41) is 3.01. The molecule has 2 aromatic rings. The Morgan fingerprint density at radius 2 is 1.75 bits per heavy atom. The van der Waals surface area contributed by atoms with E-state index in [1.165, 1.54) is 4.31 Å². The van der Waals surface area contributed by atoms with Gasteiger partial charge in [0.1, 0.15) is 0 Å². The monoisotopic (exact) mass is 464 g/mol. The summed E-state index contributed by atoms with van der Waals surface area (Å²) in [4.78, 5) is 12.6. The van der Waals surface area contributed by atoms with Gasteiger partial charge in [0.25, 0.3) is 0 Å². The summed E-state index contributed by atoms with van der Waals surface area (Å²) in [6.07, 6.45) is 1.08. The minimum atomic E-state index is -3.38. The highest BCUT2D eigenvalue weighted by Gasteiger charge is 2.31. The van der Waals surface area contributed by atoms with Gasteiger partial charge in [0, 0.05) is 29.2 Å². The number of nitrogens with zero attached hydrogens (tertiary/aromatic N) is 1. The van der Waals surface area contributed by atoms with Crippen molar-refractivity contribution in [1.82, 2.24) is 4.31 Å². The van der Waals surface area contributed by atoms with Crippen molar-refractivity contribution >= 4 is 37.5 Å². The first kappa shape index (κ1) is 21.0. The minimum absolute atomic E-state index is 0.0143. The molecule has 2 aromatic carbocycles. The third kappa shape index (κ3) is 5.21. The van der Waals surface area contributed by atoms with Gasteiger partial charge < -0.3 is 5.32 Å². The molecule has 1 aliphatic heterocycles. The predicted octanol–water partition coefficient (Wildman–Crippen LogP) is 4.25. The number of sulfonamides is 1. The molecule has 1 fully saturated rings. The molecular weight excluding hydrogens is 440 g/mol. The van der Waals surface area contributed by atoms with Crippen LogP contribution in [0.15, 0.2) is 46.9 Å². The van der Waals surface area contributed by atoms with E-state index >= 15 is 0 Å². The molecule has 1 heterocycles. The van der Waals surface area contributed by atoms with Gasteiger partial charge in [0.2, 0.25) is 15.9 Å². The molecule has 1 N–H and O–H groups in total. The number of rotatable bonds is 5. The van der Waals surface area contributed by atoms with E-state index in [0.29, 0.717) is 25.9 Å². The van der Waals surface area contributed by atoms with Crippen molar-refractivity contribution < 1.29 is 13.2 Å². The lowest BCUT2D eigenvalue weighted by atomic mass is 9.97. The van der Waals surface area contributed by atoms with Gasteiger partial charge in [0.05, 0.1) is 5.75 Å². The Kier molecular flexibility index (Phi) is 6.58. The molecule has 1 saturated heterocycles. The Labute approximate surface area is 175 Å². The van der Waals surface area contributed by atoms with Crippen molar-refractivity contribution in [2.24, 2.45) is 5.92 Å². The molecule has 5 nitrogen and oxygen atoms in total. The number of halogens is 1. The Bertz CT molecular complexity index is 950. The Morgan fingerprint density at radius 3 is 2.39 bits per heavy atom.